The molecule has 0 saturated carbocycles. The van der Waals surface area contributed by atoms with Gasteiger partial charge in [0.1, 0.15) is 16.1 Å². The number of rotatable bonds is 6. The molecule has 1 amide bonds. The van der Waals surface area contributed by atoms with Crippen molar-refractivity contribution in [2.75, 3.05) is 11.9 Å². The molecule has 1 N–H and O–H groups in total. The number of carbonyl (C=O) groups is 1. The van der Waals surface area contributed by atoms with Gasteiger partial charge in [-0.1, -0.05) is 19.1 Å². The van der Waals surface area contributed by atoms with Crippen molar-refractivity contribution in [1.29, 1.82) is 0 Å². The number of carbonyl (C=O) groups excluding carboxylic acids is 1. The minimum Gasteiger partial charge on any atom is -0.376 e. The molecule has 170 valence electrons. The quantitative estimate of drug-likeness (QED) is 0.473. The zero-order valence-electron chi connectivity index (χ0n) is 18.2. The van der Waals surface area contributed by atoms with Gasteiger partial charge in [-0.25, -0.2) is 9.78 Å². The van der Waals surface area contributed by atoms with Gasteiger partial charge in [0.2, 0.25) is 5.91 Å². The molecule has 1 atom stereocenters. The Hall–Kier alpha value is -3.30. The SMILES string of the molecule is CCc1ccc(NC(=O)Cn2c(=O)n(C[C@H]3CCCO3)c(=O)c3sc4ncccc4c32)cc1. The molecule has 0 aliphatic carbocycles. The number of hydrogen-bond acceptors (Lipinski definition) is 6. The molecule has 9 heteroatoms. The Bertz CT molecular complexity index is 1450. The summed E-state index contributed by atoms with van der Waals surface area (Å²) in [6, 6.07) is 11.2. The molecule has 1 aliphatic rings. The third kappa shape index (κ3) is 4.09. The summed E-state index contributed by atoms with van der Waals surface area (Å²) in [5.41, 5.74) is 1.41. The highest BCUT2D eigenvalue weighted by molar-refractivity contribution is 7.25. The lowest BCUT2D eigenvalue weighted by Crippen LogP contribution is -2.43. The summed E-state index contributed by atoms with van der Waals surface area (Å²) in [6.45, 7) is 2.66. The van der Waals surface area contributed by atoms with Gasteiger partial charge in [0.25, 0.3) is 5.56 Å². The lowest BCUT2D eigenvalue weighted by atomic mass is 10.1. The molecule has 1 saturated heterocycles. The van der Waals surface area contributed by atoms with Crippen LogP contribution in [-0.4, -0.2) is 32.7 Å². The smallest absolute Gasteiger partial charge is 0.332 e. The van der Waals surface area contributed by atoms with E-state index in [9.17, 15) is 14.4 Å². The van der Waals surface area contributed by atoms with Crippen LogP contribution in [0, 0.1) is 0 Å². The van der Waals surface area contributed by atoms with Crippen LogP contribution < -0.4 is 16.6 Å². The molecule has 4 heterocycles. The zero-order chi connectivity index (χ0) is 22.9. The Morgan fingerprint density at radius 3 is 2.76 bits per heavy atom. The summed E-state index contributed by atoms with van der Waals surface area (Å²) < 4.78 is 8.67. The molecule has 4 aromatic rings. The second kappa shape index (κ2) is 8.92. The van der Waals surface area contributed by atoms with E-state index in [1.807, 2.05) is 30.3 Å². The van der Waals surface area contributed by atoms with E-state index in [-0.39, 0.29) is 30.7 Å². The molecule has 33 heavy (non-hydrogen) atoms. The van der Waals surface area contributed by atoms with Crippen LogP contribution in [0.3, 0.4) is 0 Å². The number of aromatic nitrogens is 3. The number of nitrogens with zero attached hydrogens (tertiary/aromatic N) is 3. The predicted octanol–water partition coefficient (Wildman–Crippen LogP) is 3.15. The molecule has 1 fully saturated rings. The molecule has 0 unspecified atom stereocenters. The maximum Gasteiger partial charge on any atom is 0.332 e. The first-order chi connectivity index (χ1) is 16.0. The maximum absolute atomic E-state index is 13.5. The molecule has 1 aliphatic heterocycles. The summed E-state index contributed by atoms with van der Waals surface area (Å²) in [4.78, 5) is 44.7. The summed E-state index contributed by atoms with van der Waals surface area (Å²) >= 11 is 1.24. The maximum atomic E-state index is 13.5. The van der Waals surface area contributed by atoms with E-state index in [1.54, 1.807) is 12.3 Å². The molecule has 0 radical (unpaired) electrons. The van der Waals surface area contributed by atoms with E-state index in [1.165, 1.54) is 26.0 Å². The van der Waals surface area contributed by atoms with Crippen molar-refractivity contribution in [3.63, 3.8) is 0 Å². The Kier molecular flexibility index (Phi) is 5.82. The minimum atomic E-state index is -0.511. The largest absolute Gasteiger partial charge is 0.376 e. The van der Waals surface area contributed by atoms with Crippen LogP contribution in [-0.2, 0) is 29.0 Å². The second-order valence-electron chi connectivity index (χ2n) is 8.15. The summed E-state index contributed by atoms with van der Waals surface area (Å²) in [7, 11) is 0. The number of hydrogen-bond donors (Lipinski definition) is 1. The molecule has 5 rings (SSSR count). The van der Waals surface area contributed by atoms with Crippen LogP contribution in [0.25, 0.3) is 20.4 Å². The first-order valence-electron chi connectivity index (χ1n) is 11.1. The first-order valence-corrected chi connectivity index (χ1v) is 11.9. The van der Waals surface area contributed by atoms with Crippen molar-refractivity contribution < 1.29 is 9.53 Å². The molecule has 3 aromatic heterocycles. The van der Waals surface area contributed by atoms with Crippen molar-refractivity contribution in [1.82, 2.24) is 14.1 Å². The van der Waals surface area contributed by atoms with Gasteiger partial charge in [-0.2, -0.15) is 0 Å². The lowest BCUT2D eigenvalue weighted by Gasteiger charge is -2.15. The van der Waals surface area contributed by atoms with Gasteiger partial charge in [0, 0.05) is 23.9 Å². The van der Waals surface area contributed by atoms with Crippen LogP contribution in [0.1, 0.15) is 25.3 Å². The summed E-state index contributed by atoms with van der Waals surface area (Å²) in [6.07, 6.45) is 4.08. The van der Waals surface area contributed by atoms with Crippen molar-refractivity contribution in [3.8, 4) is 0 Å². The fourth-order valence-corrected chi connectivity index (χ4v) is 5.35. The second-order valence-corrected chi connectivity index (χ2v) is 9.15. The summed E-state index contributed by atoms with van der Waals surface area (Å²) in [5.74, 6) is -0.340. The van der Waals surface area contributed by atoms with Gasteiger partial charge in [0.15, 0.2) is 0 Å². The van der Waals surface area contributed by atoms with E-state index >= 15 is 0 Å². The standard InChI is InChI=1S/C24H24N4O4S/c1-2-15-7-9-16(10-8-15)26-19(29)14-27-20-18-6-3-11-25-22(18)33-21(20)23(30)28(24(27)31)13-17-5-4-12-32-17/h3,6-11,17H,2,4-5,12-14H2,1H3,(H,26,29)/t17-/m1/s1. The molecular weight excluding hydrogens is 440 g/mol. The Labute approximate surface area is 193 Å². The number of fused-ring (bicyclic) bond motifs is 3. The Balaban J connectivity index is 1.58. The molecule has 0 spiro atoms. The average molecular weight is 465 g/mol. The minimum absolute atomic E-state index is 0.176. The lowest BCUT2D eigenvalue weighted by molar-refractivity contribution is -0.116. The molecular formula is C24H24N4O4S. The van der Waals surface area contributed by atoms with E-state index in [4.69, 9.17) is 4.74 Å². The van der Waals surface area contributed by atoms with Crippen molar-refractivity contribution in [2.45, 2.75) is 45.4 Å². The number of benzene rings is 1. The van der Waals surface area contributed by atoms with Crippen LogP contribution in [0.4, 0.5) is 5.69 Å². The fourth-order valence-electron chi connectivity index (χ4n) is 4.25. The topological polar surface area (TPSA) is 95.2 Å². The zero-order valence-corrected chi connectivity index (χ0v) is 19.1. The van der Waals surface area contributed by atoms with E-state index in [0.29, 0.717) is 32.7 Å². The molecule has 8 nitrogen and oxygen atoms in total. The normalized spacial score (nSPS) is 16.0. The van der Waals surface area contributed by atoms with Crippen LogP contribution >= 0.6 is 11.3 Å². The van der Waals surface area contributed by atoms with Gasteiger partial charge in [-0.15, -0.1) is 11.3 Å². The highest BCUT2D eigenvalue weighted by atomic mass is 32.1. The highest BCUT2D eigenvalue weighted by Crippen LogP contribution is 2.29. The number of pyridine rings is 1. The van der Waals surface area contributed by atoms with Gasteiger partial charge in [-0.05, 0) is 49.1 Å². The number of nitrogens with one attached hydrogen (secondary N) is 1. The predicted molar refractivity (Wildman–Crippen MR) is 129 cm³/mol. The third-order valence-electron chi connectivity index (χ3n) is 5.97. The van der Waals surface area contributed by atoms with Crippen molar-refractivity contribution in [2.24, 2.45) is 0 Å². The number of amides is 1. The van der Waals surface area contributed by atoms with Crippen LogP contribution in [0.15, 0.2) is 52.2 Å². The first kappa shape index (κ1) is 21.5. The van der Waals surface area contributed by atoms with Gasteiger partial charge in [0.05, 0.1) is 18.2 Å². The van der Waals surface area contributed by atoms with E-state index in [2.05, 4.69) is 17.2 Å². The van der Waals surface area contributed by atoms with Crippen molar-refractivity contribution >= 4 is 43.4 Å². The third-order valence-corrected chi connectivity index (χ3v) is 7.06. The Morgan fingerprint density at radius 2 is 2.03 bits per heavy atom. The molecule has 1 aromatic carbocycles. The number of thiophene rings is 1. The van der Waals surface area contributed by atoms with Gasteiger partial charge in [-0.3, -0.25) is 18.7 Å². The van der Waals surface area contributed by atoms with E-state index in [0.717, 1.165) is 19.3 Å². The van der Waals surface area contributed by atoms with Crippen molar-refractivity contribution in [3.05, 3.63) is 69.0 Å². The van der Waals surface area contributed by atoms with Gasteiger partial charge >= 0.3 is 5.69 Å². The van der Waals surface area contributed by atoms with Crippen LogP contribution in [0.5, 0.6) is 0 Å². The number of ether oxygens (including phenoxy) is 1. The fraction of sp³-hybridized carbons (Fsp3) is 0.333. The molecule has 0 bridgehead atoms. The van der Waals surface area contributed by atoms with E-state index < -0.39 is 5.69 Å². The van der Waals surface area contributed by atoms with Crippen LogP contribution in [0.2, 0.25) is 0 Å². The average Bonchev–Trinajstić information content (AvgIpc) is 3.48. The summed E-state index contributed by atoms with van der Waals surface area (Å²) in [5, 5.41) is 3.55. The number of aryl methyl sites for hydroxylation is 1. The number of anilines is 1. The highest BCUT2D eigenvalue weighted by Gasteiger charge is 2.23. The van der Waals surface area contributed by atoms with Gasteiger partial charge < -0.3 is 10.1 Å². The Morgan fingerprint density at radius 1 is 1.21 bits per heavy atom. The monoisotopic (exact) mass is 464 g/mol.